The van der Waals surface area contributed by atoms with Gasteiger partial charge in [0.1, 0.15) is 0 Å². The summed E-state index contributed by atoms with van der Waals surface area (Å²) in [5, 5.41) is 2.96. The average Bonchev–Trinajstić information content (AvgIpc) is 3.63. The molecule has 1 aliphatic heterocycles. The van der Waals surface area contributed by atoms with Gasteiger partial charge in [-0.25, -0.2) is 0 Å². The minimum absolute atomic E-state index is 0.0104. The maximum atomic E-state index is 8.12. The zero-order chi connectivity index (χ0) is 35.1. The van der Waals surface area contributed by atoms with E-state index in [0.717, 1.165) is 0 Å². The van der Waals surface area contributed by atoms with E-state index in [9.17, 15) is 0 Å². The summed E-state index contributed by atoms with van der Waals surface area (Å²) in [4.78, 5) is 0. The fraction of sp³-hybridized carbons (Fsp3) is 0.289. The first-order valence-corrected chi connectivity index (χ1v) is 28.0. The van der Waals surface area contributed by atoms with E-state index < -0.39 is 27.4 Å². The van der Waals surface area contributed by atoms with Crippen molar-refractivity contribution in [2.45, 2.75) is 82.2 Å². The van der Waals surface area contributed by atoms with Crippen LogP contribution in [0, 0.1) is 0 Å². The zero-order valence-corrected chi connectivity index (χ0v) is 35.8. The molecule has 250 valence electrons. The quantitative estimate of drug-likeness (QED) is 0.156. The predicted molar refractivity (Wildman–Crippen MR) is 216 cm³/mol. The first-order chi connectivity index (χ1) is 23.0. The van der Waals surface area contributed by atoms with Crippen molar-refractivity contribution >= 4 is 51.8 Å². The summed E-state index contributed by atoms with van der Waals surface area (Å²) >= 11 is -4.23. The van der Waals surface area contributed by atoms with Gasteiger partial charge in [0.2, 0.25) is 0 Å². The second-order valence-electron chi connectivity index (χ2n) is 17.2. The summed E-state index contributed by atoms with van der Waals surface area (Å²) in [5.41, 5.74) is 14.4. The fourth-order valence-electron chi connectivity index (χ4n) is 7.92. The molecule has 7 rings (SSSR count). The standard InChI is InChI=1S/C33H39.C12H9Si.2ClH.Zr/c1-31(2,3)26-18-25(19-27(21-26)32(4,5)6)30-28-20-24(22-13-11-10-12-14-22)17-23(28)15-16-29(30)33(7,8)9;1-3-7-11-9(5-1)10-6-2-4-8-12(10)13-11;;;/h10-21H,1-9H3;1-7H,13H2;2*1H;/q;;;;+2/p-2. The number of hydrogen-bond donors (Lipinski definition) is 0. The normalized spacial score (nSPS) is 16.4. The van der Waals surface area contributed by atoms with Gasteiger partial charge in [-0.05, 0) is 0 Å². The monoisotopic (exact) mass is 776 g/mol. The van der Waals surface area contributed by atoms with Gasteiger partial charge < -0.3 is 0 Å². The van der Waals surface area contributed by atoms with E-state index >= 15 is 0 Å². The van der Waals surface area contributed by atoms with Crippen LogP contribution in [-0.2, 0) is 34.1 Å². The Hall–Kier alpha value is -2.48. The molecule has 5 aromatic carbocycles. The van der Waals surface area contributed by atoms with E-state index in [1.807, 2.05) is 0 Å². The molecule has 1 atom stereocenters. The Morgan fingerprint density at radius 1 is 0.592 bits per heavy atom. The summed E-state index contributed by atoms with van der Waals surface area (Å²) in [7, 11) is 15.5. The summed E-state index contributed by atoms with van der Waals surface area (Å²) in [6.45, 7) is 21.0. The van der Waals surface area contributed by atoms with Crippen molar-refractivity contribution in [2.75, 3.05) is 0 Å². The Labute approximate surface area is 308 Å². The van der Waals surface area contributed by atoms with Crippen molar-refractivity contribution in [3.05, 3.63) is 137 Å². The zero-order valence-electron chi connectivity index (χ0n) is 30.4. The average molecular weight is 779 g/mol. The van der Waals surface area contributed by atoms with Crippen LogP contribution < -0.4 is 13.6 Å². The number of hydrogen-bond acceptors (Lipinski definition) is 0. The van der Waals surface area contributed by atoms with Crippen molar-refractivity contribution in [1.82, 2.24) is 0 Å². The summed E-state index contributed by atoms with van der Waals surface area (Å²) in [6.07, 6.45) is 2.46. The number of halogens is 2. The van der Waals surface area contributed by atoms with Gasteiger partial charge in [-0.15, -0.1) is 0 Å². The molecular formula is C45H48Cl2SiZr. The molecule has 0 fully saturated rings. The van der Waals surface area contributed by atoms with E-state index in [0.29, 0.717) is 0 Å². The molecule has 0 saturated carbocycles. The second kappa shape index (κ2) is 12.3. The van der Waals surface area contributed by atoms with Crippen LogP contribution in [0.1, 0.15) is 99.3 Å². The van der Waals surface area contributed by atoms with E-state index in [4.69, 9.17) is 17.0 Å². The van der Waals surface area contributed by atoms with Gasteiger partial charge in [-0.2, -0.15) is 0 Å². The molecule has 0 bridgehead atoms. The van der Waals surface area contributed by atoms with Crippen LogP contribution in [0.5, 0.6) is 0 Å². The van der Waals surface area contributed by atoms with Crippen LogP contribution in [0.2, 0.25) is 0 Å². The van der Waals surface area contributed by atoms with Crippen molar-refractivity contribution in [3.63, 3.8) is 0 Å². The van der Waals surface area contributed by atoms with Gasteiger partial charge in [0, 0.05) is 0 Å². The Kier molecular flexibility index (Phi) is 8.80. The van der Waals surface area contributed by atoms with E-state index in [1.165, 1.54) is 74.9 Å². The van der Waals surface area contributed by atoms with Gasteiger partial charge in [-0.3, -0.25) is 0 Å². The van der Waals surface area contributed by atoms with Crippen molar-refractivity contribution in [1.29, 1.82) is 0 Å². The first-order valence-electron chi connectivity index (χ1n) is 17.7. The summed E-state index contributed by atoms with van der Waals surface area (Å²) in [6, 6.07) is 38.6. The molecular weight excluding hydrogens is 731 g/mol. The molecule has 5 aromatic rings. The van der Waals surface area contributed by atoms with Crippen LogP contribution in [0.3, 0.4) is 0 Å². The topological polar surface area (TPSA) is 0 Å². The van der Waals surface area contributed by atoms with Crippen LogP contribution in [0.25, 0.3) is 33.9 Å². The molecule has 0 spiro atoms. The van der Waals surface area contributed by atoms with Gasteiger partial charge >= 0.3 is 311 Å². The Morgan fingerprint density at radius 2 is 1.20 bits per heavy atom. The van der Waals surface area contributed by atoms with E-state index in [1.54, 1.807) is 0 Å². The molecule has 49 heavy (non-hydrogen) atoms. The fourth-order valence-corrected chi connectivity index (χ4v) is 24.4. The summed E-state index contributed by atoms with van der Waals surface area (Å²) in [5.74, 6) is 0. The van der Waals surface area contributed by atoms with Gasteiger partial charge in [0.15, 0.2) is 0 Å². The van der Waals surface area contributed by atoms with Crippen molar-refractivity contribution in [3.8, 4) is 22.3 Å². The Balaban J connectivity index is 1.52. The van der Waals surface area contributed by atoms with Gasteiger partial charge in [0.05, 0.1) is 0 Å². The van der Waals surface area contributed by atoms with Crippen molar-refractivity contribution < 1.29 is 17.9 Å². The predicted octanol–water partition coefficient (Wildman–Crippen LogP) is 10.7. The molecule has 1 unspecified atom stereocenters. The van der Waals surface area contributed by atoms with E-state index in [2.05, 4.69) is 172 Å². The third-order valence-electron chi connectivity index (χ3n) is 10.6. The SMILES string of the molecule is CC(C)(C)c1cc(-c2c(C(C)(C)C)ccc3c2C=C(c2ccccc2)[CH]3[Zr]([Cl])([Cl])[c]2cccc3c2[SiH2]c2ccccc2-3)cc(C(C)(C)C)c1. The maximum absolute atomic E-state index is 8.12. The molecule has 0 nitrogen and oxygen atoms in total. The molecule has 0 aromatic heterocycles. The number of fused-ring (bicyclic) bond motifs is 4. The number of rotatable bonds is 4. The Bertz CT molecular complexity index is 2090. The Morgan fingerprint density at radius 3 is 1.84 bits per heavy atom. The van der Waals surface area contributed by atoms with Crippen LogP contribution in [0.4, 0.5) is 0 Å². The number of allylic oxidation sites excluding steroid dienone is 1. The number of benzene rings is 5. The van der Waals surface area contributed by atoms with Crippen LogP contribution in [0.15, 0.2) is 103 Å². The second-order valence-corrected chi connectivity index (χ2v) is 33.1. The minimum atomic E-state index is -4.23. The molecule has 0 radical (unpaired) electrons. The van der Waals surface area contributed by atoms with Crippen LogP contribution in [-0.4, -0.2) is 9.52 Å². The molecule has 2 aliphatic rings. The molecule has 1 heterocycles. The summed E-state index contributed by atoms with van der Waals surface area (Å²) < 4.78 is 1.23. The van der Waals surface area contributed by atoms with E-state index in [-0.39, 0.29) is 19.9 Å². The van der Waals surface area contributed by atoms with Gasteiger partial charge in [-0.1, -0.05) is 0 Å². The molecule has 0 amide bonds. The van der Waals surface area contributed by atoms with Crippen molar-refractivity contribution in [2.24, 2.45) is 0 Å². The van der Waals surface area contributed by atoms with Crippen LogP contribution >= 0.6 is 17.0 Å². The first kappa shape index (κ1) is 34.9. The molecule has 0 N–H and O–H groups in total. The third kappa shape index (κ3) is 6.24. The van der Waals surface area contributed by atoms with Gasteiger partial charge in [0.25, 0.3) is 0 Å². The molecule has 0 saturated heterocycles. The molecule has 1 aliphatic carbocycles. The third-order valence-corrected chi connectivity index (χ3v) is 24.8. The molecule has 4 heteroatoms.